The van der Waals surface area contributed by atoms with Gasteiger partial charge in [-0.1, -0.05) is 13.3 Å². The Labute approximate surface area is 120 Å². The number of nitrogens with one attached hydrogen (secondary N) is 2. The molecule has 2 amide bonds. The molecule has 0 radical (unpaired) electrons. The maximum Gasteiger partial charge on any atom is 0.315 e. The molecule has 1 aliphatic rings. The van der Waals surface area contributed by atoms with Crippen LogP contribution in [0.4, 0.5) is 4.79 Å². The van der Waals surface area contributed by atoms with E-state index in [4.69, 9.17) is 5.11 Å². The molecule has 116 valence electrons. The van der Waals surface area contributed by atoms with Crippen LogP contribution < -0.4 is 10.6 Å². The van der Waals surface area contributed by atoms with E-state index in [1.807, 2.05) is 6.92 Å². The fourth-order valence-electron chi connectivity index (χ4n) is 2.70. The fourth-order valence-corrected chi connectivity index (χ4v) is 2.70. The number of hydrogen-bond acceptors (Lipinski definition) is 3. The number of rotatable bonds is 7. The smallest absolute Gasteiger partial charge is 0.315 e. The van der Waals surface area contributed by atoms with Crippen LogP contribution in [-0.2, 0) is 4.79 Å². The Balaban J connectivity index is 2.28. The quantitative estimate of drug-likeness (QED) is 0.658. The van der Waals surface area contributed by atoms with Crippen LogP contribution in [0.3, 0.4) is 0 Å². The van der Waals surface area contributed by atoms with Gasteiger partial charge in [0.25, 0.3) is 0 Å². The number of carboxylic acid groups (broad SMARTS) is 1. The lowest BCUT2D eigenvalue weighted by Crippen LogP contribution is -2.46. The molecule has 1 fully saturated rings. The normalized spacial score (nSPS) is 21.2. The Morgan fingerprint density at radius 2 is 2.20 bits per heavy atom. The number of hydrogen-bond donors (Lipinski definition) is 3. The molecule has 0 aromatic rings. The van der Waals surface area contributed by atoms with E-state index in [2.05, 4.69) is 22.6 Å². The first-order valence-corrected chi connectivity index (χ1v) is 7.46. The number of piperidine rings is 1. The number of aliphatic carboxylic acids is 1. The summed E-state index contributed by atoms with van der Waals surface area (Å²) >= 11 is 0. The predicted molar refractivity (Wildman–Crippen MR) is 77.7 cm³/mol. The topological polar surface area (TPSA) is 81.7 Å². The van der Waals surface area contributed by atoms with Gasteiger partial charge in [0.1, 0.15) is 0 Å². The molecule has 3 N–H and O–H groups in total. The summed E-state index contributed by atoms with van der Waals surface area (Å²) < 4.78 is 0. The third-order valence-electron chi connectivity index (χ3n) is 3.67. The van der Waals surface area contributed by atoms with Crippen molar-refractivity contribution >= 4 is 12.0 Å². The molecule has 20 heavy (non-hydrogen) atoms. The Bertz CT molecular complexity index is 323. The molecule has 0 saturated carbocycles. The largest absolute Gasteiger partial charge is 0.481 e. The minimum absolute atomic E-state index is 0.0204. The number of urea groups is 1. The van der Waals surface area contributed by atoms with Crippen molar-refractivity contribution in [3.05, 3.63) is 0 Å². The highest BCUT2D eigenvalue weighted by Crippen LogP contribution is 2.13. The van der Waals surface area contributed by atoms with Gasteiger partial charge in [0.2, 0.25) is 0 Å². The summed E-state index contributed by atoms with van der Waals surface area (Å²) in [6, 6.07) is -0.538. The van der Waals surface area contributed by atoms with Gasteiger partial charge in [-0.05, 0) is 38.8 Å². The monoisotopic (exact) mass is 285 g/mol. The van der Waals surface area contributed by atoms with Crippen molar-refractivity contribution in [2.45, 2.75) is 45.1 Å². The second-order valence-corrected chi connectivity index (χ2v) is 5.71. The lowest BCUT2D eigenvalue weighted by atomic mass is 9.98. The Morgan fingerprint density at radius 1 is 1.45 bits per heavy atom. The van der Waals surface area contributed by atoms with Gasteiger partial charge in [-0.15, -0.1) is 0 Å². The first-order chi connectivity index (χ1) is 9.51. The number of nitrogens with zero attached hydrogens (tertiary/aromatic N) is 1. The molecule has 0 bridgehead atoms. The van der Waals surface area contributed by atoms with E-state index in [1.54, 1.807) is 0 Å². The molecular weight excluding hydrogens is 258 g/mol. The molecule has 1 aliphatic heterocycles. The SMILES string of the molecule is CCCC(CC(=O)O)NC(=O)NCC1CCCN(C)C1. The first-order valence-electron chi connectivity index (χ1n) is 7.46. The van der Waals surface area contributed by atoms with E-state index in [1.165, 1.54) is 6.42 Å². The van der Waals surface area contributed by atoms with Gasteiger partial charge >= 0.3 is 12.0 Å². The van der Waals surface area contributed by atoms with Crippen LogP contribution in [0.15, 0.2) is 0 Å². The van der Waals surface area contributed by atoms with Gasteiger partial charge in [0.15, 0.2) is 0 Å². The molecular formula is C14H27N3O3. The van der Waals surface area contributed by atoms with E-state index in [0.717, 1.165) is 25.9 Å². The van der Waals surface area contributed by atoms with E-state index in [-0.39, 0.29) is 18.5 Å². The van der Waals surface area contributed by atoms with Crippen LogP contribution in [0.5, 0.6) is 0 Å². The predicted octanol–water partition coefficient (Wildman–Crippen LogP) is 1.27. The standard InChI is InChI=1S/C14H27N3O3/c1-3-5-12(8-13(18)19)16-14(20)15-9-11-6-4-7-17(2)10-11/h11-12H,3-10H2,1-2H3,(H,18,19)(H2,15,16,20). The molecule has 1 heterocycles. The van der Waals surface area contributed by atoms with E-state index in [9.17, 15) is 9.59 Å². The van der Waals surface area contributed by atoms with Crippen LogP contribution >= 0.6 is 0 Å². The van der Waals surface area contributed by atoms with Crippen molar-refractivity contribution in [2.75, 3.05) is 26.7 Å². The Morgan fingerprint density at radius 3 is 2.80 bits per heavy atom. The van der Waals surface area contributed by atoms with Gasteiger partial charge in [-0.3, -0.25) is 4.79 Å². The Hall–Kier alpha value is -1.30. The summed E-state index contributed by atoms with van der Waals surface area (Å²) in [6.07, 6.45) is 3.82. The highest BCUT2D eigenvalue weighted by atomic mass is 16.4. The molecule has 6 heteroatoms. The first kappa shape index (κ1) is 16.8. The average Bonchev–Trinajstić information content (AvgIpc) is 2.36. The minimum atomic E-state index is -0.877. The van der Waals surface area contributed by atoms with Crippen molar-refractivity contribution in [1.82, 2.24) is 15.5 Å². The lowest BCUT2D eigenvalue weighted by Gasteiger charge is -2.29. The molecule has 0 spiro atoms. The van der Waals surface area contributed by atoms with Gasteiger partial charge < -0.3 is 20.6 Å². The molecule has 0 aromatic heterocycles. The average molecular weight is 285 g/mol. The molecule has 6 nitrogen and oxygen atoms in total. The van der Waals surface area contributed by atoms with Crippen molar-refractivity contribution in [1.29, 1.82) is 0 Å². The number of likely N-dealkylation sites (tertiary alicyclic amines) is 1. The summed E-state index contributed by atoms with van der Waals surface area (Å²) in [4.78, 5) is 24.8. The Kier molecular flexibility index (Phi) is 7.36. The van der Waals surface area contributed by atoms with Gasteiger partial charge in [0.05, 0.1) is 6.42 Å². The summed E-state index contributed by atoms with van der Waals surface area (Å²) in [5.41, 5.74) is 0. The van der Waals surface area contributed by atoms with Gasteiger partial charge in [-0.2, -0.15) is 0 Å². The number of carbonyl (C=O) groups excluding carboxylic acids is 1. The highest BCUT2D eigenvalue weighted by molar-refractivity contribution is 5.75. The fraction of sp³-hybridized carbons (Fsp3) is 0.857. The summed E-state index contributed by atoms with van der Waals surface area (Å²) in [5, 5.41) is 14.4. The van der Waals surface area contributed by atoms with E-state index >= 15 is 0 Å². The molecule has 0 aliphatic carbocycles. The summed E-state index contributed by atoms with van der Waals surface area (Å²) in [5.74, 6) is -0.388. The van der Waals surface area contributed by atoms with E-state index in [0.29, 0.717) is 18.9 Å². The van der Waals surface area contributed by atoms with Crippen molar-refractivity contribution in [3.63, 3.8) is 0 Å². The number of carboxylic acids is 1. The zero-order valence-corrected chi connectivity index (χ0v) is 12.5. The highest BCUT2D eigenvalue weighted by Gasteiger charge is 2.19. The second kappa shape index (κ2) is 8.79. The van der Waals surface area contributed by atoms with Crippen LogP contribution in [0.1, 0.15) is 39.0 Å². The zero-order valence-electron chi connectivity index (χ0n) is 12.5. The number of carbonyl (C=O) groups is 2. The zero-order chi connectivity index (χ0) is 15.0. The third-order valence-corrected chi connectivity index (χ3v) is 3.67. The van der Waals surface area contributed by atoms with Crippen molar-refractivity contribution < 1.29 is 14.7 Å². The number of amides is 2. The van der Waals surface area contributed by atoms with Gasteiger partial charge in [0, 0.05) is 19.1 Å². The maximum absolute atomic E-state index is 11.8. The lowest BCUT2D eigenvalue weighted by molar-refractivity contribution is -0.137. The summed E-state index contributed by atoms with van der Waals surface area (Å²) in [7, 11) is 2.09. The maximum atomic E-state index is 11.8. The molecule has 2 unspecified atom stereocenters. The van der Waals surface area contributed by atoms with E-state index < -0.39 is 5.97 Å². The second-order valence-electron chi connectivity index (χ2n) is 5.71. The minimum Gasteiger partial charge on any atom is -0.481 e. The third kappa shape index (κ3) is 6.75. The molecule has 2 atom stereocenters. The summed E-state index contributed by atoms with van der Waals surface area (Å²) in [6.45, 7) is 4.77. The molecule has 1 rings (SSSR count). The van der Waals surface area contributed by atoms with Crippen molar-refractivity contribution in [3.8, 4) is 0 Å². The van der Waals surface area contributed by atoms with Crippen molar-refractivity contribution in [2.24, 2.45) is 5.92 Å². The van der Waals surface area contributed by atoms with Crippen LogP contribution in [0.2, 0.25) is 0 Å². The van der Waals surface area contributed by atoms with Gasteiger partial charge in [-0.25, -0.2) is 4.79 Å². The van der Waals surface area contributed by atoms with Crippen LogP contribution in [0, 0.1) is 5.92 Å². The van der Waals surface area contributed by atoms with Crippen LogP contribution in [0.25, 0.3) is 0 Å². The molecule has 0 aromatic carbocycles. The van der Waals surface area contributed by atoms with Crippen LogP contribution in [-0.4, -0.2) is 54.7 Å². The molecule has 1 saturated heterocycles.